The van der Waals surface area contributed by atoms with Crippen LogP contribution in [0.4, 0.5) is 24.9 Å². The van der Waals surface area contributed by atoms with E-state index in [4.69, 9.17) is 5.84 Å². The Morgan fingerprint density at radius 2 is 1.90 bits per heavy atom. The lowest BCUT2D eigenvalue weighted by atomic mass is 10.1. The molecule has 0 spiro atoms. The minimum Gasteiger partial charge on any atom is -0.366 e. The van der Waals surface area contributed by atoms with E-state index in [1.165, 1.54) is 24.4 Å². The molecule has 0 saturated carbocycles. The summed E-state index contributed by atoms with van der Waals surface area (Å²) in [6, 6.07) is 6.91. The van der Waals surface area contributed by atoms with Gasteiger partial charge in [0.25, 0.3) is 0 Å². The molecule has 2 rings (SSSR count). The Morgan fingerprint density at radius 1 is 1.15 bits per heavy atom. The number of rotatable bonds is 4. The lowest BCUT2D eigenvalue weighted by Gasteiger charge is -2.13. The summed E-state index contributed by atoms with van der Waals surface area (Å²) in [6.45, 7) is -0.00327. The van der Waals surface area contributed by atoms with E-state index < -0.39 is 11.7 Å². The second-order valence-electron chi connectivity index (χ2n) is 3.92. The fourth-order valence-electron chi connectivity index (χ4n) is 1.66. The van der Waals surface area contributed by atoms with Gasteiger partial charge in [-0.25, -0.2) is 10.8 Å². The summed E-state index contributed by atoms with van der Waals surface area (Å²) in [5.74, 6) is 5.71. The highest BCUT2D eigenvalue weighted by Gasteiger charge is 2.32. The quantitative estimate of drug-likeness (QED) is 0.593. The van der Waals surface area contributed by atoms with Crippen molar-refractivity contribution in [2.75, 3.05) is 10.7 Å². The van der Waals surface area contributed by atoms with E-state index >= 15 is 0 Å². The van der Waals surface area contributed by atoms with Crippen molar-refractivity contribution in [3.8, 4) is 0 Å². The first-order chi connectivity index (χ1) is 9.50. The van der Waals surface area contributed by atoms with Gasteiger partial charge in [-0.3, -0.25) is 5.43 Å². The highest BCUT2D eigenvalue weighted by atomic mass is 19.4. The molecule has 0 aliphatic heterocycles. The Morgan fingerprint density at radius 3 is 2.60 bits per heavy atom. The molecule has 1 aromatic carbocycles. The summed E-state index contributed by atoms with van der Waals surface area (Å²) in [4.78, 5) is 7.76. The SMILES string of the molecule is NNc1nccc(NCc2ccccc2C(F)(F)F)n1. The van der Waals surface area contributed by atoms with Crippen molar-refractivity contribution in [1.29, 1.82) is 0 Å². The van der Waals surface area contributed by atoms with Crippen molar-refractivity contribution in [3.63, 3.8) is 0 Å². The number of hydrogen-bond donors (Lipinski definition) is 3. The van der Waals surface area contributed by atoms with Gasteiger partial charge < -0.3 is 5.32 Å². The Bertz CT molecular complexity index is 585. The van der Waals surface area contributed by atoms with Crippen molar-refractivity contribution in [2.45, 2.75) is 12.7 Å². The van der Waals surface area contributed by atoms with Gasteiger partial charge in [-0.2, -0.15) is 18.2 Å². The van der Waals surface area contributed by atoms with E-state index in [0.29, 0.717) is 5.82 Å². The third-order valence-electron chi connectivity index (χ3n) is 2.57. The third-order valence-corrected chi connectivity index (χ3v) is 2.57. The molecule has 0 aliphatic carbocycles. The van der Waals surface area contributed by atoms with Crippen LogP contribution in [-0.4, -0.2) is 9.97 Å². The zero-order valence-electron chi connectivity index (χ0n) is 10.3. The molecule has 1 heterocycles. The summed E-state index contributed by atoms with van der Waals surface area (Å²) in [6.07, 6.45) is -2.94. The van der Waals surface area contributed by atoms with Crippen molar-refractivity contribution < 1.29 is 13.2 Å². The normalized spacial score (nSPS) is 11.2. The smallest absolute Gasteiger partial charge is 0.366 e. The van der Waals surface area contributed by atoms with Crippen LogP contribution in [0.1, 0.15) is 11.1 Å². The lowest BCUT2D eigenvalue weighted by molar-refractivity contribution is -0.138. The number of halogens is 3. The van der Waals surface area contributed by atoms with Crippen LogP contribution in [0.3, 0.4) is 0 Å². The molecule has 0 aliphatic rings. The monoisotopic (exact) mass is 283 g/mol. The zero-order chi connectivity index (χ0) is 14.6. The summed E-state index contributed by atoms with van der Waals surface area (Å²) >= 11 is 0. The number of hydrazine groups is 1. The van der Waals surface area contributed by atoms with Crippen LogP contribution in [0.25, 0.3) is 0 Å². The maximum Gasteiger partial charge on any atom is 0.416 e. The first-order valence-corrected chi connectivity index (χ1v) is 5.69. The van der Waals surface area contributed by atoms with E-state index in [0.717, 1.165) is 6.07 Å². The van der Waals surface area contributed by atoms with Gasteiger partial charge in [0.15, 0.2) is 0 Å². The molecular formula is C12H12F3N5. The van der Waals surface area contributed by atoms with Gasteiger partial charge in [0.2, 0.25) is 5.95 Å². The van der Waals surface area contributed by atoms with Crippen LogP contribution < -0.4 is 16.6 Å². The number of nitrogens with zero attached hydrogens (tertiary/aromatic N) is 2. The Kier molecular flexibility index (Phi) is 4.04. The van der Waals surface area contributed by atoms with E-state index in [9.17, 15) is 13.2 Å². The Balaban J connectivity index is 2.15. The minimum absolute atomic E-state index is 0.00327. The molecule has 0 amide bonds. The van der Waals surface area contributed by atoms with E-state index in [1.807, 2.05) is 0 Å². The predicted octanol–water partition coefficient (Wildman–Crippen LogP) is 2.39. The topological polar surface area (TPSA) is 75.9 Å². The average molecular weight is 283 g/mol. The van der Waals surface area contributed by atoms with Crippen molar-refractivity contribution in [2.24, 2.45) is 5.84 Å². The number of nitrogen functional groups attached to an aromatic ring is 1. The first kappa shape index (κ1) is 14.1. The fourth-order valence-corrected chi connectivity index (χ4v) is 1.66. The number of aromatic nitrogens is 2. The molecule has 0 bridgehead atoms. The molecule has 0 saturated heterocycles. The number of nitrogens with two attached hydrogens (primary N) is 1. The minimum atomic E-state index is -4.38. The van der Waals surface area contributed by atoms with E-state index in [-0.39, 0.29) is 18.1 Å². The molecule has 5 nitrogen and oxygen atoms in total. The first-order valence-electron chi connectivity index (χ1n) is 5.69. The van der Waals surface area contributed by atoms with E-state index in [1.54, 1.807) is 6.07 Å². The molecule has 4 N–H and O–H groups in total. The molecule has 8 heteroatoms. The molecule has 0 atom stereocenters. The zero-order valence-corrected chi connectivity index (χ0v) is 10.3. The molecule has 0 unspecified atom stereocenters. The molecular weight excluding hydrogens is 271 g/mol. The van der Waals surface area contributed by atoms with Gasteiger partial charge in [0, 0.05) is 12.7 Å². The number of hydrogen-bond acceptors (Lipinski definition) is 5. The molecule has 0 fully saturated rings. The van der Waals surface area contributed by atoms with Crippen LogP contribution in [0, 0.1) is 0 Å². The Hall–Kier alpha value is -2.35. The summed E-state index contributed by atoms with van der Waals surface area (Å²) in [5.41, 5.74) is 1.73. The Labute approximate surface area is 113 Å². The molecule has 0 radical (unpaired) electrons. The van der Waals surface area contributed by atoms with Crippen molar-refractivity contribution in [1.82, 2.24) is 9.97 Å². The van der Waals surface area contributed by atoms with Crippen LogP contribution in [0.2, 0.25) is 0 Å². The van der Waals surface area contributed by atoms with Crippen LogP contribution in [0.15, 0.2) is 36.5 Å². The number of anilines is 2. The maximum absolute atomic E-state index is 12.8. The molecule has 106 valence electrons. The fraction of sp³-hybridized carbons (Fsp3) is 0.167. The average Bonchev–Trinajstić information content (AvgIpc) is 2.44. The molecule has 20 heavy (non-hydrogen) atoms. The molecule has 2 aromatic rings. The predicted molar refractivity (Wildman–Crippen MR) is 68.6 cm³/mol. The summed E-state index contributed by atoms with van der Waals surface area (Å²) in [7, 11) is 0. The number of benzene rings is 1. The van der Waals surface area contributed by atoms with Crippen LogP contribution in [0.5, 0.6) is 0 Å². The van der Waals surface area contributed by atoms with Gasteiger partial charge >= 0.3 is 6.18 Å². The third kappa shape index (κ3) is 3.35. The highest BCUT2D eigenvalue weighted by molar-refractivity contribution is 5.41. The maximum atomic E-state index is 12.8. The summed E-state index contributed by atoms with van der Waals surface area (Å²) in [5, 5.41) is 2.80. The standard InChI is InChI=1S/C12H12F3N5/c13-12(14,15)9-4-2-1-3-8(9)7-18-10-5-6-17-11(19-10)20-16/h1-6H,7,16H2,(H2,17,18,19,20). The second kappa shape index (κ2) is 5.74. The second-order valence-corrected chi connectivity index (χ2v) is 3.92. The van der Waals surface area contributed by atoms with Crippen LogP contribution in [-0.2, 0) is 12.7 Å². The van der Waals surface area contributed by atoms with Gasteiger partial charge in [-0.05, 0) is 17.7 Å². The number of alkyl halides is 3. The van der Waals surface area contributed by atoms with Gasteiger partial charge in [-0.1, -0.05) is 18.2 Å². The number of nitrogens with one attached hydrogen (secondary N) is 2. The van der Waals surface area contributed by atoms with Gasteiger partial charge in [-0.15, -0.1) is 0 Å². The van der Waals surface area contributed by atoms with Crippen molar-refractivity contribution >= 4 is 11.8 Å². The molecule has 1 aromatic heterocycles. The van der Waals surface area contributed by atoms with Crippen molar-refractivity contribution in [3.05, 3.63) is 47.7 Å². The van der Waals surface area contributed by atoms with Gasteiger partial charge in [0.1, 0.15) is 5.82 Å². The van der Waals surface area contributed by atoms with Crippen LogP contribution >= 0.6 is 0 Å². The highest BCUT2D eigenvalue weighted by Crippen LogP contribution is 2.32. The largest absolute Gasteiger partial charge is 0.416 e. The van der Waals surface area contributed by atoms with E-state index in [2.05, 4.69) is 20.7 Å². The summed E-state index contributed by atoms with van der Waals surface area (Å²) < 4.78 is 38.4. The van der Waals surface area contributed by atoms with Gasteiger partial charge in [0.05, 0.1) is 5.56 Å². The lowest BCUT2D eigenvalue weighted by Crippen LogP contribution is -2.13.